The molecule has 3 aliphatic heterocycles. The zero-order valence-electron chi connectivity index (χ0n) is 27.4. The lowest BCUT2D eigenvalue weighted by Gasteiger charge is -2.39. The van der Waals surface area contributed by atoms with E-state index in [0.717, 1.165) is 12.0 Å². The van der Waals surface area contributed by atoms with Crippen molar-refractivity contribution in [3.05, 3.63) is 60.4 Å². The standard InChI is InChI=1S/C34H51N3O8/c1-8-26(15-16-35)36-32(40)18-27-19-34(24(6)45-34)33(41)30(44-27)13-10-20(2)9-12-29-21(3)17-28(23(5)43-29)37-31(39)14-11-22(4)42-25(7)38/h8-11,13-15,21-24,27-30,33,41H,1,12,16-19,35H2,2-7H3,(H,36,40)(H,37,39)/b13-10+,14-11-,20-9+,26-15+/t21?,22?,23?,24?,27-,28?,29?,30?,33-,34?/m1/s1. The van der Waals surface area contributed by atoms with E-state index in [1.165, 1.54) is 19.1 Å². The third-order valence-corrected chi connectivity index (χ3v) is 8.63. The van der Waals surface area contributed by atoms with E-state index in [1.807, 2.05) is 32.9 Å². The number of carbonyl (C=O) groups excluding carboxylic acids is 3. The van der Waals surface area contributed by atoms with Gasteiger partial charge in [0.1, 0.15) is 23.9 Å². The van der Waals surface area contributed by atoms with Gasteiger partial charge in [-0.15, -0.1) is 0 Å². The van der Waals surface area contributed by atoms with Crippen LogP contribution in [0.25, 0.3) is 0 Å². The summed E-state index contributed by atoms with van der Waals surface area (Å²) in [7, 11) is 0. The summed E-state index contributed by atoms with van der Waals surface area (Å²) in [6.07, 6.45) is 11.2. The number of nitrogens with two attached hydrogens (primary N) is 1. The summed E-state index contributed by atoms with van der Waals surface area (Å²) in [6.45, 7) is 15.0. The van der Waals surface area contributed by atoms with Gasteiger partial charge in [-0.1, -0.05) is 37.3 Å². The molecule has 10 atom stereocenters. The lowest BCUT2D eigenvalue weighted by atomic mass is 9.84. The Morgan fingerprint density at radius 2 is 1.87 bits per heavy atom. The molecule has 0 aliphatic carbocycles. The van der Waals surface area contributed by atoms with Crippen molar-refractivity contribution >= 4 is 17.8 Å². The van der Waals surface area contributed by atoms with Crippen LogP contribution in [-0.2, 0) is 33.3 Å². The molecule has 3 heterocycles. The number of allylic oxidation sites excluding steroid dienone is 3. The topological polar surface area (TPSA) is 162 Å². The predicted molar refractivity (Wildman–Crippen MR) is 171 cm³/mol. The SMILES string of the molecule is C=C/C(=C\CN)NC(=O)C[C@@H]1CC2(OC2C)[C@H](O)C(/C=C/C(C)=C/CC2OC(C)C(NC(=O)/C=C\C(C)OC(C)=O)CC2C)O1. The first-order valence-corrected chi connectivity index (χ1v) is 15.8. The Hall–Kier alpha value is -3.09. The van der Waals surface area contributed by atoms with E-state index in [0.29, 0.717) is 18.5 Å². The van der Waals surface area contributed by atoms with Gasteiger partial charge in [0, 0.05) is 31.7 Å². The molecule has 3 aliphatic rings. The monoisotopic (exact) mass is 629 g/mol. The summed E-state index contributed by atoms with van der Waals surface area (Å²) in [5.41, 5.74) is 6.35. The minimum Gasteiger partial charge on any atom is -0.459 e. The molecule has 0 aromatic carbocycles. The first-order valence-electron chi connectivity index (χ1n) is 15.8. The summed E-state index contributed by atoms with van der Waals surface area (Å²) in [6, 6.07) is -0.137. The molecule has 3 saturated heterocycles. The van der Waals surface area contributed by atoms with Gasteiger partial charge in [-0.25, -0.2) is 0 Å². The number of nitrogens with one attached hydrogen (secondary N) is 2. The molecule has 1 spiro atoms. The van der Waals surface area contributed by atoms with E-state index < -0.39 is 36.0 Å². The lowest BCUT2D eigenvalue weighted by molar-refractivity contribution is -0.145. The van der Waals surface area contributed by atoms with Crippen LogP contribution in [0.1, 0.15) is 67.2 Å². The Morgan fingerprint density at radius 1 is 1.16 bits per heavy atom. The third kappa shape index (κ3) is 10.5. The molecule has 5 N–H and O–H groups in total. The van der Waals surface area contributed by atoms with Gasteiger partial charge < -0.3 is 40.4 Å². The highest BCUT2D eigenvalue weighted by molar-refractivity contribution is 5.87. The fourth-order valence-corrected chi connectivity index (χ4v) is 6.01. The van der Waals surface area contributed by atoms with Gasteiger partial charge in [0.05, 0.1) is 36.9 Å². The quantitative estimate of drug-likeness (QED) is 0.104. The summed E-state index contributed by atoms with van der Waals surface area (Å²) in [5, 5.41) is 16.9. The van der Waals surface area contributed by atoms with Crippen LogP contribution in [0.5, 0.6) is 0 Å². The second-order valence-electron chi connectivity index (χ2n) is 12.4. The number of carbonyl (C=O) groups is 3. The van der Waals surface area contributed by atoms with Crippen LogP contribution >= 0.6 is 0 Å². The Kier molecular flexibility index (Phi) is 13.3. The summed E-state index contributed by atoms with van der Waals surface area (Å²) < 4.78 is 23.3. The van der Waals surface area contributed by atoms with Gasteiger partial charge in [0.15, 0.2) is 0 Å². The van der Waals surface area contributed by atoms with Gasteiger partial charge >= 0.3 is 5.97 Å². The van der Waals surface area contributed by atoms with Crippen molar-refractivity contribution < 1.29 is 38.4 Å². The Bertz CT molecular complexity index is 1200. The van der Waals surface area contributed by atoms with E-state index in [4.69, 9.17) is 24.7 Å². The average Bonchev–Trinajstić information content (AvgIpc) is 3.61. The van der Waals surface area contributed by atoms with Crippen LogP contribution < -0.4 is 16.4 Å². The van der Waals surface area contributed by atoms with Crippen LogP contribution in [0, 0.1) is 5.92 Å². The molecule has 0 saturated carbocycles. The van der Waals surface area contributed by atoms with E-state index in [9.17, 15) is 19.5 Å². The second-order valence-corrected chi connectivity index (χ2v) is 12.4. The summed E-state index contributed by atoms with van der Waals surface area (Å²) >= 11 is 0. The number of hydrogen-bond acceptors (Lipinski definition) is 9. The van der Waals surface area contributed by atoms with Crippen molar-refractivity contribution in [1.29, 1.82) is 0 Å². The van der Waals surface area contributed by atoms with Crippen molar-refractivity contribution in [3.8, 4) is 0 Å². The average molecular weight is 630 g/mol. The first kappa shape index (κ1) is 36.4. The highest BCUT2D eigenvalue weighted by Gasteiger charge is 2.64. The number of epoxide rings is 1. The molecule has 3 fully saturated rings. The molecule has 8 unspecified atom stereocenters. The van der Waals surface area contributed by atoms with Crippen molar-refractivity contribution in [2.75, 3.05) is 6.54 Å². The van der Waals surface area contributed by atoms with E-state index in [1.54, 1.807) is 19.1 Å². The van der Waals surface area contributed by atoms with Crippen LogP contribution in [0.2, 0.25) is 0 Å². The maximum atomic E-state index is 12.7. The van der Waals surface area contributed by atoms with Crippen LogP contribution in [0.15, 0.2) is 60.4 Å². The van der Waals surface area contributed by atoms with Crippen molar-refractivity contribution in [2.45, 2.75) is 122 Å². The molecule has 3 rings (SSSR count). The second kappa shape index (κ2) is 16.5. The predicted octanol–water partition coefficient (Wildman–Crippen LogP) is 2.90. The molecule has 45 heavy (non-hydrogen) atoms. The van der Waals surface area contributed by atoms with Gasteiger partial charge in [-0.2, -0.15) is 0 Å². The molecule has 11 heteroatoms. The molecule has 2 amide bonds. The van der Waals surface area contributed by atoms with Gasteiger partial charge in [-0.3, -0.25) is 14.4 Å². The maximum Gasteiger partial charge on any atom is 0.303 e. The fraction of sp³-hybridized carbons (Fsp3) is 0.618. The minimum atomic E-state index is -0.855. The molecule has 0 bridgehead atoms. The zero-order chi connectivity index (χ0) is 33.3. The lowest BCUT2D eigenvalue weighted by Crippen LogP contribution is -2.51. The molecular formula is C34H51N3O8. The summed E-state index contributed by atoms with van der Waals surface area (Å²) in [4.78, 5) is 36.1. The highest BCUT2D eigenvalue weighted by atomic mass is 16.6. The molecular weight excluding hydrogens is 578 g/mol. The number of aliphatic hydroxyl groups is 1. The third-order valence-electron chi connectivity index (χ3n) is 8.63. The van der Waals surface area contributed by atoms with E-state index >= 15 is 0 Å². The minimum absolute atomic E-state index is 0.0202. The number of aliphatic hydroxyl groups excluding tert-OH is 1. The Balaban J connectivity index is 1.54. The maximum absolute atomic E-state index is 12.7. The number of hydrogen-bond donors (Lipinski definition) is 4. The molecule has 11 nitrogen and oxygen atoms in total. The Morgan fingerprint density at radius 3 is 2.49 bits per heavy atom. The summed E-state index contributed by atoms with van der Waals surface area (Å²) in [5.74, 6) is -0.675. The molecule has 250 valence electrons. The van der Waals surface area contributed by atoms with Gasteiger partial charge in [0.2, 0.25) is 11.8 Å². The highest BCUT2D eigenvalue weighted by Crippen LogP contribution is 2.49. The van der Waals surface area contributed by atoms with Crippen LogP contribution in [0.4, 0.5) is 0 Å². The number of esters is 1. The molecule has 0 radical (unpaired) electrons. The largest absolute Gasteiger partial charge is 0.459 e. The van der Waals surface area contributed by atoms with Crippen LogP contribution in [0.3, 0.4) is 0 Å². The van der Waals surface area contributed by atoms with Crippen LogP contribution in [-0.4, -0.2) is 83.8 Å². The van der Waals surface area contributed by atoms with E-state index in [2.05, 4.69) is 30.2 Å². The van der Waals surface area contributed by atoms with Crippen molar-refractivity contribution in [2.24, 2.45) is 11.7 Å². The number of amides is 2. The zero-order valence-corrected chi connectivity index (χ0v) is 27.4. The van der Waals surface area contributed by atoms with Gasteiger partial charge in [0.25, 0.3) is 0 Å². The van der Waals surface area contributed by atoms with Crippen molar-refractivity contribution in [1.82, 2.24) is 10.6 Å². The van der Waals surface area contributed by atoms with Crippen molar-refractivity contribution in [3.63, 3.8) is 0 Å². The first-order chi connectivity index (χ1) is 21.3. The number of rotatable bonds is 13. The van der Waals surface area contributed by atoms with Gasteiger partial charge in [-0.05, 0) is 64.7 Å². The molecule has 0 aromatic rings. The Labute approximate surface area is 266 Å². The molecule has 0 aromatic heterocycles. The number of ether oxygens (including phenoxy) is 4. The van der Waals surface area contributed by atoms with E-state index in [-0.39, 0.29) is 55.1 Å². The normalized spacial score (nSPS) is 34.5. The smallest absolute Gasteiger partial charge is 0.303 e. The fourth-order valence-electron chi connectivity index (χ4n) is 6.01.